The Kier molecular flexibility index (Phi) is 4.62. The molecule has 0 aliphatic carbocycles. The van der Waals surface area contributed by atoms with E-state index < -0.39 is 0 Å². The van der Waals surface area contributed by atoms with Gasteiger partial charge in [0.1, 0.15) is 19.0 Å². The minimum atomic E-state index is -0.307. The third-order valence-electron chi connectivity index (χ3n) is 4.10. The van der Waals surface area contributed by atoms with Gasteiger partial charge in [-0.2, -0.15) is 0 Å². The van der Waals surface area contributed by atoms with Crippen LogP contribution in [0.5, 0.6) is 11.5 Å². The predicted molar refractivity (Wildman–Crippen MR) is 89.4 cm³/mol. The summed E-state index contributed by atoms with van der Waals surface area (Å²) in [4.78, 5) is 14.3. The normalized spacial score (nSPS) is 14.2. The first-order valence-corrected chi connectivity index (χ1v) is 7.97. The summed E-state index contributed by atoms with van der Waals surface area (Å²) in [6, 6.07) is 9.09. The van der Waals surface area contributed by atoms with Gasteiger partial charge in [-0.05, 0) is 36.8 Å². The smallest absolute Gasteiger partial charge is 0.254 e. The molecule has 0 aromatic heterocycles. The Morgan fingerprint density at radius 1 is 1.21 bits per heavy atom. The number of rotatable bonds is 3. The van der Waals surface area contributed by atoms with Gasteiger partial charge in [-0.25, -0.2) is 4.39 Å². The molecule has 0 spiro atoms. The van der Waals surface area contributed by atoms with Gasteiger partial charge in [-0.3, -0.25) is 4.79 Å². The van der Waals surface area contributed by atoms with Crippen molar-refractivity contribution in [3.8, 4) is 11.5 Å². The third kappa shape index (κ3) is 3.17. The summed E-state index contributed by atoms with van der Waals surface area (Å²) >= 11 is 6.19. The van der Waals surface area contributed by atoms with Gasteiger partial charge in [0, 0.05) is 12.6 Å². The summed E-state index contributed by atoms with van der Waals surface area (Å²) in [5.41, 5.74) is 1.26. The highest BCUT2D eigenvalue weighted by Crippen LogP contribution is 2.38. The van der Waals surface area contributed by atoms with Gasteiger partial charge in [0.15, 0.2) is 11.5 Å². The highest BCUT2D eigenvalue weighted by molar-refractivity contribution is 6.32. The summed E-state index contributed by atoms with van der Waals surface area (Å²) in [5.74, 6) is 0.429. The Hall–Kier alpha value is -2.27. The molecule has 1 unspecified atom stereocenters. The number of nitrogens with zero attached hydrogens (tertiary/aromatic N) is 1. The van der Waals surface area contributed by atoms with Gasteiger partial charge < -0.3 is 14.4 Å². The number of carbonyl (C=O) groups is 1. The van der Waals surface area contributed by atoms with Gasteiger partial charge >= 0.3 is 0 Å². The Morgan fingerprint density at radius 2 is 1.88 bits per heavy atom. The standard InChI is InChI=1S/C18H17ClFNO3/c1-11(12-3-5-14(20)6-4-12)21(2)18(22)13-9-15(19)17-16(10-13)23-7-8-24-17/h3-6,9-11H,7-8H2,1-2H3. The van der Waals surface area contributed by atoms with Crippen molar-refractivity contribution >= 4 is 17.5 Å². The first-order valence-electron chi connectivity index (χ1n) is 7.59. The number of halogens is 2. The zero-order chi connectivity index (χ0) is 17.3. The summed E-state index contributed by atoms with van der Waals surface area (Å²) in [5, 5.41) is 0.346. The Balaban J connectivity index is 1.85. The molecule has 1 heterocycles. The van der Waals surface area contributed by atoms with E-state index in [1.807, 2.05) is 6.92 Å². The average Bonchev–Trinajstić information content (AvgIpc) is 2.60. The van der Waals surface area contributed by atoms with Crippen molar-refractivity contribution in [3.63, 3.8) is 0 Å². The number of hydrogen-bond donors (Lipinski definition) is 0. The van der Waals surface area contributed by atoms with Crippen LogP contribution < -0.4 is 9.47 Å². The zero-order valence-corrected chi connectivity index (χ0v) is 14.1. The van der Waals surface area contributed by atoms with E-state index in [1.165, 1.54) is 12.1 Å². The van der Waals surface area contributed by atoms with E-state index in [0.29, 0.717) is 35.3 Å². The molecular formula is C18H17ClFNO3. The molecule has 1 aliphatic rings. The van der Waals surface area contributed by atoms with Crippen molar-refractivity contribution in [1.29, 1.82) is 0 Å². The summed E-state index contributed by atoms with van der Waals surface area (Å²) in [6.07, 6.45) is 0. The summed E-state index contributed by atoms with van der Waals surface area (Å²) < 4.78 is 24.0. The first-order chi connectivity index (χ1) is 11.5. The second-order valence-corrected chi connectivity index (χ2v) is 6.03. The van der Waals surface area contributed by atoms with Crippen LogP contribution >= 0.6 is 11.6 Å². The van der Waals surface area contributed by atoms with E-state index in [4.69, 9.17) is 21.1 Å². The minimum Gasteiger partial charge on any atom is -0.486 e. The topological polar surface area (TPSA) is 38.8 Å². The number of carbonyl (C=O) groups excluding carboxylic acids is 1. The molecule has 1 amide bonds. The fourth-order valence-corrected chi connectivity index (χ4v) is 2.84. The quantitative estimate of drug-likeness (QED) is 0.838. The van der Waals surface area contributed by atoms with E-state index in [-0.39, 0.29) is 17.8 Å². The van der Waals surface area contributed by atoms with Crippen molar-refractivity contribution in [2.75, 3.05) is 20.3 Å². The lowest BCUT2D eigenvalue weighted by Crippen LogP contribution is -2.30. The van der Waals surface area contributed by atoms with E-state index in [0.717, 1.165) is 5.56 Å². The fraction of sp³-hybridized carbons (Fsp3) is 0.278. The minimum absolute atomic E-state index is 0.203. The van der Waals surface area contributed by atoms with Crippen LogP contribution in [0.15, 0.2) is 36.4 Å². The molecule has 2 aromatic carbocycles. The Bertz CT molecular complexity index is 764. The maximum absolute atomic E-state index is 13.1. The van der Waals surface area contributed by atoms with E-state index >= 15 is 0 Å². The molecular weight excluding hydrogens is 333 g/mol. The maximum atomic E-state index is 13.1. The predicted octanol–water partition coefficient (Wildman–Crippen LogP) is 4.08. The van der Waals surface area contributed by atoms with E-state index in [1.54, 1.807) is 36.2 Å². The molecule has 126 valence electrons. The van der Waals surface area contributed by atoms with E-state index in [2.05, 4.69) is 0 Å². The highest BCUT2D eigenvalue weighted by atomic mass is 35.5. The lowest BCUT2D eigenvalue weighted by Gasteiger charge is -2.26. The lowest BCUT2D eigenvalue weighted by atomic mass is 10.1. The van der Waals surface area contributed by atoms with Gasteiger partial charge in [0.25, 0.3) is 5.91 Å². The fourth-order valence-electron chi connectivity index (χ4n) is 2.58. The molecule has 0 bridgehead atoms. The van der Waals surface area contributed by atoms with Crippen molar-refractivity contribution in [2.45, 2.75) is 13.0 Å². The molecule has 0 saturated carbocycles. The molecule has 6 heteroatoms. The van der Waals surface area contributed by atoms with Gasteiger partial charge in [0.2, 0.25) is 0 Å². The largest absolute Gasteiger partial charge is 0.486 e. The van der Waals surface area contributed by atoms with Crippen LogP contribution in [0.2, 0.25) is 5.02 Å². The Morgan fingerprint density at radius 3 is 2.58 bits per heavy atom. The van der Waals surface area contributed by atoms with Crippen LogP contribution in [-0.2, 0) is 0 Å². The number of fused-ring (bicyclic) bond motifs is 1. The molecule has 2 aromatic rings. The molecule has 0 radical (unpaired) electrons. The van der Waals surface area contributed by atoms with Crippen molar-refractivity contribution < 1.29 is 18.7 Å². The first kappa shape index (κ1) is 16.6. The third-order valence-corrected chi connectivity index (χ3v) is 4.38. The monoisotopic (exact) mass is 349 g/mol. The van der Waals surface area contributed by atoms with Gasteiger partial charge in [0.05, 0.1) is 11.1 Å². The van der Waals surface area contributed by atoms with Crippen LogP contribution in [0, 0.1) is 5.82 Å². The van der Waals surface area contributed by atoms with E-state index in [9.17, 15) is 9.18 Å². The molecule has 1 aliphatic heterocycles. The molecule has 3 rings (SSSR count). The SMILES string of the molecule is CC(c1ccc(F)cc1)N(C)C(=O)c1cc(Cl)c2c(c1)OCCO2. The van der Waals surface area contributed by atoms with Gasteiger partial charge in [-0.15, -0.1) is 0 Å². The van der Waals surface area contributed by atoms with Crippen LogP contribution in [0.25, 0.3) is 0 Å². The number of benzene rings is 2. The van der Waals surface area contributed by atoms with Crippen molar-refractivity contribution in [1.82, 2.24) is 4.90 Å². The molecule has 0 fully saturated rings. The summed E-state index contributed by atoms with van der Waals surface area (Å²) in [6.45, 7) is 2.73. The highest BCUT2D eigenvalue weighted by Gasteiger charge is 2.23. The zero-order valence-electron chi connectivity index (χ0n) is 13.4. The average molecular weight is 350 g/mol. The van der Waals surface area contributed by atoms with Gasteiger partial charge in [-0.1, -0.05) is 23.7 Å². The van der Waals surface area contributed by atoms with Crippen LogP contribution in [0.3, 0.4) is 0 Å². The van der Waals surface area contributed by atoms with Crippen LogP contribution in [0.1, 0.15) is 28.9 Å². The lowest BCUT2D eigenvalue weighted by molar-refractivity contribution is 0.0741. The van der Waals surface area contributed by atoms with Crippen molar-refractivity contribution in [3.05, 3.63) is 58.4 Å². The molecule has 1 atom stereocenters. The number of amides is 1. The number of ether oxygens (including phenoxy) is 2. The van der Waals surface area contributed by atoms with Crippen molar-refractivity contribution in [2.24, 2.45) is 0 Å². The molecule has 0 N–H and O–H groups in total. The Labute approximate surface area is 144 Å². The maximum Gasteiger partial charge on any atom is 0.254 e. The van der Waals surface area contributed by atoms with Crippen LogP contribution in [-0.4, -0.2) is 31.1 Å². The molecule has 0 saturated heterocycles. The summed E-state index contributed by atoms with van der Waals surface area (Å²) in [7, 11) is 1.70. The van der Waals surface area contributed by atoms with Crippen LogP contribution in [0.4, 0.5) is 4.39 Å². The number of hydrogen-bond acceptors (Lipinski definition) is 3. The second kappa shape index (κ2) is 6.69. The second-order valence-electron chi connectivity index (χ2n) is 5.63. The molecule has 24 heavy (non-hydrogen) atoms. The molecule has 4 nitrogen and oxygen atoms in total.